The van der Waals surface area contributed by atoms with Crippen LogP contribution in [-0.2, 0) is 0 Å². The maximum atomic E-state index is 9.08. The summed E-state index contributed by atoms with van der Waals surface area (Å²) in [6.45, 7) is 4.44. The normalized spacial score (nSPS) is 21.5. The van der Waals surface area contributed by atoms with Gasteiger partial charge in [-0.25, -0.2) is 0 Å². The van der Waals surface area contributed by atoms with Crippen molar-refractivity contribution in [1.82, 2.24) is 0 Å². The molecular formula is C15H23BrN2O. The van der Waals surface area contributed by atoms with E-state index in [9.17, 15) is 0 Å². The Balaban J connectivity index is 2.11. The maximum absolute atomic E-state index is 9.08. The second-order valence-electron chi connectivity index (χ2n) is 5.46. The van der Waals surface area contributed by atoms with Gasteiger partial charge in [0.15, 0.2) is 0 Å². The van der Waals surface area contributed by atoms with Gasteiger partial charge in [-0.1, -0.05) is 22.0 Å². The van der Waals surface area contributed by atoms with Crippen molar-refractivity contribution in [3.8, 4) is 0 Å². The van der Waals surface area contributed by atoms with E-state index in [0.29, 0.717) is 12.5 Å². The van der Waals surface area contributed by atoms with Gasteiger partial charge < -0.3 is 15.7 Å². The third-order valence-electron chi connectivity index (χ3n) is 3.90. The van der Waals surface area contributed by atoms with Crippen LogP contribution in [0.4, 0.5) is 5.69 Å². The molecule has 0 saturated carbocycles. The molecule has 1 aliphatic heterocycles. The molecule has 1 aromatic rings. The van der Waals surface area contributed by atoms with Crippen molar-refractivity contribution in [3.05, 3.63) is 28.2 Å². The SMILES string of the molecule is CC(N)c1ccc(N2CCCC(CCO)C2)cc1Br. The van der Waals surface area contributed by atoms with Crippen LogP contribution < -0.4 is 10.6 Å². The Labute approximate surface area is 123 Å². The summed E-state index contributed by atoms with van der Waals surface area (Å²) < 4.78 is 1.09. The summed E-state index contributed by atoms with van der Waals surface area (Å²) in [6.07, 6.45) is 3.35. The van der Waals surface area contributed by atoms with Crippen LogP contribution in [0.25, 0.3) is 0 Å². The molecule has 0 aliphatic carbocycles. The highest BCUT2D eigenvalue weighted by Gasteiger charge is 2.20. The molecule has 1 aliphatic rings. The van der Waals surface area contributed by atoms with Crippen molar-refractivity contribution >= 4 is 21.6 Å². The van der Waals surface area contributed by atoms with Gasteiger partial charge in [-0.2, -0.15) is 0 Å². The van der Waals surface area contributed by atoms with E-state index in [1.807, 2.05) is 6.92 Å². The molecule has 2 rings (SSSR count). The Morgan fingerprint density at radius 1 is 1.53 bits per heavy atom. The van der Waals surface area contributed by atoms with E-state index in [-0.39, 0.29) is 6.04 Å². The lowest BCUT2D eigenvalue weighted by Gasteiger charge is -2.34. The zero-order valence-electron chi connectivity index (χ0n) is 11.5. The van der Waals surface area contributed by atoms with Crippen LogP contribution in [0.3, 0.4) is 0 Å². The molecular weight excluding hydrogens is 304 g/mol. The number of hydrogen-bond acceptors (Lipinski definition) is 3. The van der Waals surface area contributed by atoms with Crippen LogP contribution in [0.2, 0.25) is 0 Å². The number of hydrogen-bond donors (Lipinski definition) is 2. The fraction of sp³-hybridized carbons (Fsp3) is 0.600. The third kappa shape index (κ3) is 3.71. The van der Waals surface area contributed by atoms with Gasteiger partial charge in [-0.05, 0) is 49.8 Å². The quantitative estimate of drug-likeness (QED) is 0.894. The van der Waals surface area contributed by atoms with Crippen molar-refractivity contribution in [2.45, 2.75) is 32.2 Å². The summed E-state index contributed by atoms with van der Waals surface area (Å²) in [7, 11) is 0. The van der Waals surface area contributed by atoms with Gasteiger partial charge >= 0.3 is 0 Å². The molecule has 3 nitrogen and oxygen atoms in total. The summed E-state index contributed by atoms with van der Waals surface area (Å²) in [6, 6.07) is 6.48. The van der Waals surface area contributed by atoms with E-state index in [4.69, 9.17) is 10.8 Å². The van der Waals surface area contributed by atoms with E-state index in [2.05, 4.69) is 39.0 Å². The summed E-state index contributed by atoms with van der Waals surface area (Å²) in [4.78, 5) is 2.42. The van der Waals surface area contributed by atoms with Crippen LogP contribution in [0.1, 0.15) is 37.8 Å². The fourth-order valence-electron chi connectivity index (χ4n) is 2.80. The molecule has 2 atom stereocenters. The first-order valence-electron chi connectivity index (χ1n) is 7.02. The standard InChI is InChI=1S/C15H23BrN2O/c1-11(17)14-5-4-13(9-15(14)16)18-7-2-3-12(10-18)6-8-19/h4-5,9,11-12,19H,2-3,6-8,10,17H2,1H3. The van der Waals surface area contributed by atoms with Crippen molar-refractivity contribution in [3.63, 3.8) is 0 Å². The molecule has 0 bridgehead atoms. The van der Waals surface area contributed by atoms with Crippen molar-refractivity contribution in [2.24, 2.45) is 11.7 Å². The van der Waals surface area contributed by atoms with Gasteiger partial charge in [-0.3, -0.25) is 0 Å². The Hall–Kier alpha value is -0.580. The second-order valence-corrected chi connectivity index (χ2v) is 6.32. The number of aliphatic hydroxyl groups excluding tert-OH is 1. The highest BCUT2D eigenvalue weighted by atomic mass is 79.9. The molecule has 4 heteroatoms. The van der Waals surface area contributed by atoms with Gasteiger partial charge in [0, 0.05) is 35.9 Å². The topological polar surface area (TPSA) is 49.5 Å². The number of nitrogens with two attached hydrogens (primary N) is 1. The molecule has 0 radical (unpaired) electrons. The van der Waals surface area contributed by atoms with Crippen LogP contribution in [-0.4, -0.2) is 24.8 Å². The van der Waals surface area contributed by atoms with Crippen LogP contribution >= 0.6 is 15.9 Å². The first-order chi connectivity index (χ1) is 9.11. The van der Waals surface area contributed by atoms with Crippen molar-refractivity contribution in [1.29, 1.82) is 0 Å². The lowest BCUT2D eigenvalue weighted by molar-refractivity contribution is 0.244. The molecule has 0 spiro atoms. The van der Waals surface area contributed by atoms with E-state index >= 15 is 0 Å². The molecule has 0 amide bonds. The highest BCUT2D eigenvalue weighted by Crippen LogP contribution is 2.30. The summed E-state index contributed by atoms with van der Waals surface area (Å²) in [5.41, 5.74) is 8.33. The van der Waals surface area contributed by atoms with Crippen molar-refractivity contribution in [2.75, 3.05) is 24.6 Å². The lowest BCUT2D eigenvalue weighted by atomic mass is 9.94. The minimum absolute atomic E-state index is 0.0481. The lowest BCUT2D eigenvalue weighted by Crippen LogP contribution is -2.35. The molecule has 3 N–H and O–H groups in total. The van der Waals surface area contributed by atoms with Gasteiger partial charge in [0.05, 0.1) is 0 Å². The molecule has 1 saturated heterocycles. The number of aliphatic hydroxyl groups is 1. The molecule has 1 heterocycles. The van der Waals surface area contributed by atoms with E-state index in [0.717, 1.165) is 29.5 Å². The molecule has 2 unspecified atom stereocenters. The summed E-state index contributed by atoms with van der Waals surface area (Å²) in [5.74, 6) is 0.616. The third-order valence-corrected chi connectivity index (χ3v) is 4.58. The molecule has 19 heavy (non-hydrogen) atoms. The summed E-state index contributed by atoms with van der Waals surface area (Å²) >= 11 is 3.61. The number of benzene rings is 1. The van der Waals surface area contributed by atoms with Crippen molar-refractivity contribution < 1.29 is 5.11 Å². The van der Waals surface area contributed by atoms with E-state index in [1.54, 1.807) is 0 Å². The fourth-order valence-corrected chi connectivity index (χ4v) is 3.53. The highest BCUT2D eigenvalue weighted by molar-refractivity contribution is 9.10. The number of anilines is 1. The molecule has 106 valence electrons. The van der Waals surface area contributed by atoms with Gasteiger partial charge in [0.1, 0.15) is 0 Å². The van der Waals surface area contributed by atoms with E-state index < -0.39 is 0 Å². The predicted molar refractivity (Wildman–Crippen MR) is 83.4 cm³/mol. The minimum Gasteiger partial charge on any atom is -0.396 e. The molecule has 1 fully saturated rings. The number of halogens is 1. The molecule has 0 aromatic heterocycles. The van der Waals surface area contributed by atoms with Gasteiger partial charge in [-0.15, -0.1) is 0 Å². The minimum atomic E-state index is 0.0481. The number of nitrogens with zero attached hydrogens (tertiary/aromatic N) is 1. The Kier molecular flexibility index (Phi) is 5.25. The number of piperidine rings is 1. The second kappa shape index (κ2) is 6.73. The zero-order valence-corrected chi connectivity index (χ0v) is 13.1. The average molecular weight is 327 g/mol. The van der Waals surface area contributed by atoms with Crippen LogP contribution in [0.5, 0.6) is 0 Å². The summed E-state index contributed by atoms with van der Waals surface area (Å²) in [5, 5.41) is 9.08. The van der Waals surface area contributed by atoms with Crippen LogP contribution in [0, 0.1) is 5.92 Å². The zero-order chi connectivity index (χ0) is 13.8. The van der Waals surface area contributed by atoms with E-state index in [1.165, 1.54) is 18.5 Å². The predicted octanol–water partition coefficient (Wildman–Crippen LogP) is 3.07. The smallest absolute Gasteiger partial charge is 0.0434 e. The van der Waals surface area contributed by atoms with Gasteiger partial charge in [0.2, 0.25) is 0 Å². The first-order valence-corrected chi connectivity index (χ1v) is 7.82. The Bertz CT molecular complexity index is 421. The largest absolute Gasteiger partial charge is 0.396 e. The number of rotatable bonds is 4. The van der Waals surface area contributed by atoms with Gasteiger partial charge in [0.25, 0.3) is 0 Å². The maximum Gasteiger partial charge on any atom is 0.0434 e. The van der Waals surface area contributed by atoms with Crippen LogP contribution in [0.15, 0.2) is 22.7 Å². The molecule has 1 aromatic carbocycles. The Morgan fingerprint density at radius 2 is 2.32 bits per heavy atom. The Morgan fingerprint density at radius 3 is 2.95 bits per heavy atom. The first kappa shape index (κ1) is 14.8. The monoisotopic (exact) mass is 326 g/mol. The average Bonchev–Trinajstić information content (AvgIpc) is 2.39.